The highest BCUT2D eigenvalue weighted by Gasteiger charge is 2.31. The first-order valence-corrected chi connectivity index (χ1v) is 20.0. The normalized spacial score (nSPS) is 12.3. The third kappa shape index (κ3) is 6.69. The molecule has 1 unspecified atom stereocenters. The molecule has 3 aromatic heterocycles. The monoisotopic (exact) mass is 660 g/mol. The molecule has 5 aromatic rings. The van der Waals surface area contributed by atoms with Gasteiger partial charge in [0.2, 0.25) is 0 Å². The van der Waals surface area contributed by atoms with E-state index >= 15 is 0 Å². The minimum Gasteiger partial charge on any atom is -0.464 e. The fourth-order valence-electron chi connectivity index (χ4n) is 5.09. The smallest absolute Gasteiger partial charge is 0.356 e. The average Bonchev–Trinajstić information content (AvgIpc) is 3.60. The van der Waals surface area contributed by atoms with Crippen molar-refractivity contribution in [3.63, 3.8) is 0 Å². The zero-order valence-corrected chi connectivity index (χ0v) is 28.8. The Hall–Kier alpha value is -3.97. The summed E-state index contributed by atoms with van der Waals surface area (Å²) in [5.41, 5.74) is 5.36. The number of imidazole rings is 1. The number of nitrogens with zero attached hydrogens (tertiary/aromatic N) is 4. The van der Waals surface area contributed by atoms with Crippen molar-refractivity contribution in [3.8, 4) is 11.1 Å². The molecule has 234 valence electrons. The maximum absolute atomic E-state index is 13.5. The zero-order chi connectivity index (χ0) is 32.5. The molecule has 0 saturated carbocycles. The molecule has 5 rings (SSSR count). The van der Waals surface area contributed by atoms with E-state index in [9.17, 15) is 18.4 Å². The van der Waals surface area contributed by atoms with Gasteiger partial charge in [0.05, 0.1) is 21.7 Å². The Balaban J connectivity index is 1.56. The number of aromatic nitrogens is 3. The Morgan fingerprint density at radius 1 is 1.04 bits per heavy atom. The molecular formula is C33H36N4O5S2Si. The van der Waals surface area contributed by atoms with Gasteiger partial charge in [0, 0.05) is 17.5 Å². The quantitative estimate of drug-likeness (QED) is 0.102. The van der Waals surface area contributed by atoms with Gasteiger partial charge in [0.15, 0.2) is 11.3 Å². The first-order chi connectivity index (χ1) is 21.4. The van der Waals surface area contributed by atoms with Gasteiger partial charge in [-0.3, -0.25) is 9.35 Å². The SMILES string of the molecule is CCCc1nc2c(C)cc(C(=O)OC)nc2n1Cc1ccc(-c2cc([Si](C)(C)C)sc2N(C(=O)c2ccccc2)S(=O)O)cc1. The van der Waals surface area contributed by atoms with Crippen LogP contribution in [0, 0.1) is 6.92 Å². The number of carbonyl (C=O) groups is 2. The van der Waals surface area contributed by atoms with Crippen LogP contribution in [0.1, 0.15) is 51.1 Å². The van der Waals surface area contributed by atoms with E-state index in [1.54, 1.807) is 36.4 Å². The van der Waals surface area contributed by atoms with Gasteiger partial charge in [-0.1, -0.05) is 69.0 Å². The van der Waals surface area contributed by atoms with Gasteiger partial charge in [-0.2, -0.15) is 4.31 Å². The minimum atomic E-state index is -2.58. The van der Waals surface area contributed by atoms with Gasteiger partial charge in [0.1, 0.15) is 16.3 Å². The summed E-state index contributed by atoms with van der Waals surface area (Å²) in [6.45, 7) is 11.1. The van der Waals surface area contributed by atoms with E-state index in [-0.39, 0.29) is 5.69 Å². The number of fused-ring (bicyclic) bond motifs is 1. The predicted molar refractivity (Wildman–Crippen MR) is 183 cm³/mol. The zero-order valence-electron chi connectivity index (χ0n) is 26.2. The molecule has 12 heteroatoms. The van der Waals surface area contributed by atoms with Crippen LogP contribution in [0.2, 0.25) is 19.6 Å². The third-order valence-electron chi connectivity index (χ3n) is 7.44. The number of aryl methyl sites for hydroxylation is 2. The molecule has 0 aliphatic rings. The second-order valence-corrected chi connectivity index (χ2v) is 19.1. The number of amides is 1. The molecule has 0 fully saturated rings. The largest absolute Gasteiger partial charge is 0.464 e. The molecule has 1 atom stereocenters. The van der Waals surface area contributed by atoms with Crippen LogP contribution in [0.15, 0.2) is 66.7 Å². The standard InChI is InChI=1S/C33H36N4O5S2Si/c1-7-11-27-35-29-21(2)18-26(33(39)42-3)34-30(29)36(27)20-22-14-16-23(17-15-22)25-19-28(45(4,5)6)43-32(25)37(44(40)41)31(38)24-12-9-8-10-13-24/h8-10,12-19H,7,11,20H2,1-6H3,(H,40,41). The van der Waals surface area contributed by atoms with E-state index < -0.39 is 31.2 Å². The van der Waals surface area contributed by atoms with Crippen molar-refractivity contribution in [3.05, 3.63) is 94.9 Å². The molecule has 0 aliphatic carbocycles. The van der Waals surface area contributed by atoms with Gasteiger partial charge >= 0.3 is 5.97 Å². The van der Waals surface area contributed by atoms with E-state index in [4.69, 9.17) is 9.72 Å². The van der Waals surface area contributed by atoms with Crippen molar-refractivity contribution in [1.29, 1.82) is 0 Å². The number of hydrogen-bond acceptors (Lipinski definition) is 7. The predicted octanol–water partition coefficient (Wildman–Crippen LogP) is 6.58. The highest BCUT2D eigenvalue weighted by atomic mass is 32.2. The number of rotatable bonds is 10. The summed E-state index contributed by atoms with van der Waals surface area (Å²) >= 11 is -1.18. The number of methoxy groups -OCH3 is 1. The Labute approximate surface area is 270 Å². The molecule has 2 aromatic carbocycles. The Bertz CT molecular complexity index is 1900. The number of hydrogen-bond donors (Lipinski definition) is 1. The van der Waals surface area contributed by atoms with Crippen molar-refractivity contribution >= 4 is 63.2 Å². The topological polar surface area (TPSA) is 115 Å². The number of ether oxygens (including phenoxy) is 1. The number of carbonyl (C=O) groups excluding carboxylic acids is 2. The van der Waals surface area contributed by atoms with Gasteiger partial charge < -0.3 is 9.30 Å². The lowest BCUT2D eigenvalue weighted by atomic mass is 10.1. The Morgan fingerprint density at radius 2 is 1.73 bits per heavy atom. The molecule has 0 bridgehead atoms. The first kappa shape index (κ1) is 32.4. The molecule has 0 aliphatic heterocycles. The van der Waals surface area contributed by atoms with Gasteiger partial charge in [-0.15, -0.1) is 11.3 Å². The van der Waals surface area contributed by atoms with Crippen molar-refractivity contribution < 1.29 is 23.1 Å². The van der Waals surface area contributed by atoms with E-state index in [0.717, 1.165) is 55.2 Å². The molecule has 9 nitrogen and oxygen atoms in total. The maximum Gasteiger partial charge on any atom is 0.356 e. The fraction of sp³-hybridized carbons (Fsp3) is 0.273. The number of thiophene rings is 1. The molecule has 3 heterocycles. The third-order valence-corrected chi connectivity index (χ3v) is 12.9. The molecule has 1 N–H and O–H groups in total. The van der Waals surface area contributed by atoms with Gasteiger partial charge in [0.25, 0.3) is 17.2 Å². The Morgan fingerprint density at radius 3 is 2.33 bits per heavy atom. The summed E-state index contributed by atoms with van der Waals surface area (Å²) in [6.07, 6.45) is 1.65. The van der Waals surface area contributed by atoms with Crippen LogP contribution in [0.25, 0.3) is 22.3 Å². The molecule has 0 saturated heterocycles. The molecule has 0 radical (unpaired) electrons. The molecular weight excluding hydrogens is 625 g/mol. The summed E-state index contributed by atoms with van der Waals surface area (Å²) in [7, 11) is -0.498. The number of anilines is 1. The fourth-order valence-corrected chi connectivity index (χ4v) is 8.81. The van der Waals surface area contributed by atoms with Crippen LogP contribution < -0.4 is 8.81 Å². The van der Waals surface area contributed by atoms with Crippen LogP contribution in [0.3, 0.4) is 0 Å². The van der Waals surface area contributed by atoms with Gasteiger partial charge in [-0.05, 0) is 58.8 Å². The molecule has 1 amide bonds. The first-order valence-electron chi connectivity index (χ1n) is 14.6. The van der Waals surface area contributed by atoms with Crippen molar-refractivity contribution in [2.24, 2.45) is 0 Å². The van der Waals surface area contributed by atoms with E-state index in [1.807, 2.05) is 35.8 Å². The number of esters is 1. The Kier molecular flexibility index (Phi) is 9.49. The lowest BCUT2D eigenvalue weighted by Gasteiger charge is -2.19. The number of pyridine rings is 1. The van der Waals surface area contributed by atoms with Crippen LogP contribution in [0.4, 0.5) is 5.00 Å². The summed E-state index contributed by atoms with van der Waals surface area (Å²) < 4.78 is 32.1. The average molecular weight is 661 g/mol. The van der Waals surface area contributed by atoms with Gasteiger partial charge in [-0.25, -0.2) is 19.0 Å². The van der Waals surface area contributed by atoms with Crippen molar-refractivity contribution in [2.45, 2.75) is 52.9 Å². The van der Waals surface area contributed by atoms with Crippen LogP contribution in [0.5, 0.6) is 0 Å². The van der Waals surface area contributed by atoms with E-state index in [1.165, 1.54) is 18.4 Å². The van der Waals surface area contributed by atoms with Crippen molar-refractivity contribution in [2.75, 3.05) is 11.4 Å². The highest BCUT2D eigenvalue weighted by Crippen LogP contribution is 2.38. The second-order valence-electron chi connectivity index (χ2n) is 11.8. The summed E-state index contributed by atoms with van der Waals surface area (Å²) in [6, 6.07) is 20.2. The van der Waals surface area contributed by atoms with Crippen LogP contribution in [-0.4, -0.2) is 50.4 Å². The van der Waals surface area contributed by atoms with E-state index in [0.29, 0.717) is 22.8 Å². The molecule has 0 spiro atoms. The summed E-state index contributed by atoms with van der Waals surface area (Å²) in [5, 5.41) is 0.440. The van der Waals surface area contributed by atoms with Crippen LogP contribution in [-0.2, 0) is 29.0 Å². The second kappa shape index (κ2) is 13.2. The number of benzene rings is 2. The lowest BCUT2D eigenvalue weighted by molar-refractivity contribution is 0.0594. The summed E-state index contributed by atoms with van der Waals surface area (Å²) in [5.74, 6) is -0.153. The highest BCUT2D eigenvalue weighted by molar-refractivity contribution is 7.82. The maximum atomic E-state index is 13.5. The summed E-state index contributed by atoms with van der Waals surface area (Å²) in [4.78, 5) is 35.3. The van der Waals surface area contributed by atoms with E-state index in [2.05, 4.69) is 37.6 Å². The minimum absolute atomic E-state index is 0.237. The molecule has 45 heavy (non-hydrogen) atoms. The van der Waals surface area contributed by atoms with Crippen molar-refractivity contribution in [1.82, 2.24) is 14.5 Å². The lowest BCUT2D eigenvalue weighted by Crippen LogP contribution is -2.35. The van der Waals surface area contributed by atoms with Crippen LogP contribution >= 0.6 is 11.3 Å².